The van der Waals surface area contributed by atoms with Crippen molar-refractivity contribution in [3.63, 3.8) is 0 Å². The molecule has 0 aliphatic carbocycles. The number of benzene rings is 2. The maximum Gasteiger partial charge on any atom is 0.114 e. The summed E-state index contributed by atoms with van der Waals surface area (Å²) in [7, 11) is 0. The van der Waals surface area contributed by atoms with E-state index in [-0.39, 0.29) is 6.61 Å². The number of hydrogen-bond donors (Lipinski definition) is 5. The van der Waals surface area contributed by atoms with Crippen LogP contribution in [-0.2, 0) is 17.7 Å². The van der Waals surface area contributed by atoms with Gasteiger partial charge in [0.05, 0.1) is 6.61 Å². The summed E-state index contributed by atoms with van der Waals surface area (Å²) in [6, 6.07) is 14.0. The summed E-state index contributed by atoms with van der Waals surface area (Å²) in [5.41, 5.74) is 4.83. The Balaban J connectivity index is 1.73. The van der Waals surface area contributed by atoms with Gasteiger partial charge in [-0.1, -0.05) is 36.4 Å². The van der Waals surface area contributed by atoms with Crippen LogP contribution in [-0.4, -0.2) is 67.7 Å². The molecule has 1 aromatic heterocycles. The largest absolute Gasteiger partial charge is 0.396 e. The van der Waals surface area contributed by atoms with Crippen molar-refractivity contribution in [1.82, 2.24) is 4.57 Å². The third-order valence-corrected chi connectivity index (χ3v) is 6.12. The van der Waals surface area contributed by atoms with Gasteiger partial charge in [0.1, 0.15) is 30.5 Å². The molecule has 0 spiro atoms. The van der Waals surface area contributed by atoms with Crippen molar-refractivity contribution in [1.29, 1.82) is 0 Å². The molecule has 0 amide bonds. The Labute approximate surface area is 180 Å². The number of rotatable bonds is 6. The van der Waals surface area contributed by atoms with Crippen LogP contribution in [0.4, 0.5) is 0 Å². The fourth-order valence-electron chi connectivity index (χ4n) is 4.41. The molecule has 0 unspecified atom stereocenters. The fraction of sp³-hybridized carbons (Fsp3) is 0.417. The molecule has 1 aliphatic rings. The monoisotopic (exact) mass is 427 g/mol. The van der Waals surface area contributed by atoms with Crippen molar-refractivity contribution in [2.75, 3.05) is 13.2 Å². The van der Waals surface area contributed by atoms with Crippen LogP contribution in [0.5, 0.6) is 0 Å². The molecule has 1 aliphatic heterocycles. The number of ether oxygens (including phenoxy) is 1. The van der Waals surface area contributed by atoms with Crippen LogP contribution in [0.15, 0.2) is 48.7 Å². The molecule has 166 valence electrons. The zero-order valence-corrected chi connectivity index (χ0v) is 17.4. The molecule has 5 N–H and O–H groups in total. The highest BCUT2D eigenvalue weighted by Crippen LogP contribution is 2.38. The summed E-state index contributed by atoms with van der Waals surface area (Å²) < 4.78 is 7.91. The SMILES string of the molecule is Cc1cccc2c1c([C@@H]1O[C@H](CO)[C@@H](O)[C@H](O)[C@H]1O)cn2Cc1ccc(CCO)cc1. The molecule has 5 atom stereocenters. The molecule has 0 radical (unpaired) electrons. The number of hydrogen-bond acceptors (Lipinski definition) is 6. The zero-order valence-electron chi connectivity index (χ0n) is 17.4. The number of aliphatic hydroxyl groups excluding tert-OH is 5. The van der Waals surface area contributed by atoms with Gasteiger partial charge in [0.2, 0.25) is 0 Å². The van der Waals surface area contributed by atoms with E-state index >= 15 is 0 Å². The highest BCUT2D eigenvalue weighted by atomic mass is 16.5. The van der Waals surface area contributed by atoms with E-state index in [0.717, 1.165) is 27.6 Å². The lowest BCUT2D eigenvalue weighted by Gasteiger charge is -2.40. The Morgan fingerprint density at radius 2 is 1.61 bits per heavy atom. The minimum absolute atomic E-state index is 0.114. The third kappa shape index (κ3) is 4.13. The fourth-order valence-corrected chi connectivity index (χ4v) is 4.41. The van der Waals surface area contributed by atoms with Crippen LogP contribution < -0.4 is 0 Å². The molecule has 1 fully saturated rings. The van der Waals surface area contributed by atoms with Gasteiger partial charge in [-0.15, -0.1) is 0 Å². The number of nitrogens with zero attached hydrogens (tertiary/aromatic N) is 1. The molecule has 7 heteroatoms. The second-order valence-corrected chi connectivity index (χ2v) is 8.22. The Hall–Kier alpha value is -2.26. The molecule has 7 nitrogen and oxygen atoms in total. The first-order chi connectivity index (χ1) is 14.9. The molecule has 0 bridgehead atoms. The van der Waals surface area contributed by atoms with E-state index in [4.69, 9.17) is 9.84 Å². The average molecular weight is 427 g/mol. The molecule has 1 saturated heterocycles. The van der Waals surface area contributed by atoms with Crippen LogP contribution >= 0.6 is 0 Å². The van der Waals surface area contributed by atoms with E-state index in [1.165, 1.54) is 0 Å². The Kier molecular flexibility index (Phi) is 6.43. The van der Waals surface area contributed by atoms with Crippen molar-refractivity contribution < 1.29 is 30.3 Å². The normalized spacial score (nSPS) is 26.5. The Morgan fingerprint density at radius 1 is 0.903 bits per heavy atom. The topological polar surface area (TPSA) is 115 Å². The summed E-state index contributed by atoms with van der Waals surface area (Å²) in [5.74, 6) is 0. The van der Waals surface area contributed by atoms with Gasteiger partial charge in [-0.3, -0.25) is 0 Å². The van der Waals surface area contributed by atoms with Gasteiger partial charge in [0, 0.05) is 35.8 Å². The third-order valence-electron chi connectivity index (χ3n) is 6.12. The quantitative estimate of drug-likeness (QED) is 0.402. The lowest BCUT2D eigenvalue weighted by Crippen LogP contribution is -2.55. The summed E-state index contributed by atoms with van der Waals surface area (Å²) in [6.07, 6.45) is -3.44. The molecular formula is C24H29NO6. The van der Waals surface area contributed by atoms with Crippen LogP contribution in [0.1, 0.15) is 28.4 Å². The van der Waals surface area contributed by atoms with Crippen molar-refractivity contribution in [2.45, 2.75) is 50.4 Å². The minimum Gasteiger partial charge on any atom is -0.396 e. The van der Waals surface area contributed by atoms with Gasteiger partial charge in [-0.25, -0.2) is 0 Å². The summed E-state index contributed by atoms with van der Waals surface area (Å²) >= 11 is 0. The summed E-state index contributed by atoms with van der Waals surface area (Å²) in [6.45, 7) is 2.23. The maximum absolute atomic E-state index is 10.7. The highest BCUT2D eigenvalue weighted by molar-refractivity contribution is 5.87. The molecule has 4 rings (SSSR count). The smallest absolute Gasteiger partial charge is 0.114 e. The number of aromatic nitrogens is 1. The van der Waals surface area contributed by atoms with Gasteiger partial charge in [0.15, 0.2) is 0 Å². The zero-order chi connectivity index (χ0) is 22.1. The lowest BCUT2D eigenvalue weighted by molar-refractivity contribution is -0.231. The summed E-state index contributed by atoms with van der Waals surface area (Å²) in [5, 5.41) is 50.6. The van der Waals surface area contributed by atoms with Gasteiger partial charge < -0.3 is 34.8 Å². The molecule has 0 saturated carbocycles. The van der Waals surface area contributed by atoms with Gasteiger partial charge >= 0.3 is 0 Å². The Bertz CT molecular complexity index is 1030. The van der Waals surface area contributed by atoms with Gasteiger partial charge in [-0.2, -0.15) is 0 Å². The molecule has 3 aromatic rings. The van der Waals surface area contributed by atoms with Crippen molar-refractivity contribution in [2.24, 2.45) is 0 Å². The van der Waals surface area contributed by atoms with Crippen molar-refractivity contribution >= 4 is 10.9 Å². The highest BCUT2D eigenvalue weighted by Gasteiger charge is 2.44. The van der Waals surface area contributed by atoms with E-state index in [1.54, 1.807) is 0 Å². The predicted molar refractivity (Wildman–Crippen MR) is 116 cm³/mol. The van der Waals surface area contributed by atoms with E-state index in [0.29, 0.717) is 18.5 Å². The molecule has 2 heterocycles. The van der Waals surface area contributed by atoms with Crippen LogP contribution in [0.2, 0.25) is 0 Å². The summed E-state index contributed by atoms with van der Waals surface area (Å²) in [4.78, 5) is 0. The standard InChI is InChI=1S/C24H29NO6/c1-14-3-2-4-18-20(14)17(24-23(30)22(29)21(28)19(13-27)31-24)12-25(18)11-16-7-5-15(6-8-16)9-10-26/h2-8,12,19,21-24,26-30H,9-11,13H2,1H3/t19-,21-,22+,23-,24+/m1/s1. The van der Waals surface area contributed by atoms with Crippen LogP contribution in [0, 0.1) is 6.92 Å². The first kappa shape index (κ1) is 22.0. The van der Waals surface area contributed by atoms with Gasteiger partial charge in [0.25, 0.3) is 0 Å². The second kappa shape index (κ2) is 9.08. The molecular weight excluding hydrogens is 398 g/mol. The first-order valence-corrected chi connectivity index (χ1v) is 10.5. The first-order valence-electron chi connectivity index (χ1n) is 10.5. The Morgan fingerprint density at radius 3 is 2.29 bits per heavy atom. The van der Waals surface area contributed by atoms with E-state index in [9.17, 15) is 20.4 Å². The number of fused-ring (bicyclic) bond motifs is 1. The predicted octanol–water partition coefficient (Wildman–Crippen LogP) is 1.05. The lowest BCUT2D eigenvalue weighted by atomic mass is 9.90. The maximum atomic E-state index is 10.7. The molecule has 2 aromatic carbocycles. The van der Waals surface area contributed by atoms with Crippen LogP contribution in [0.25, 0.3) is 10.9 Å². The molecule has 31 heavy (non-hydrogen) atoms. The average Bonchev–Trinajstić information content (AvgIpc) is 3.13. The number of aryl methyl sites for hydroxylation is 1. The van der Waals surface area contributed by atoms with E-state index in [1.807, 2.05) is 55.6 Å². The van der Waals surface area contributed by atoms with Crippen molar-refractivity contribution in [3.05, 3.63) is 70.9 Å². The van der Waals surface area contributed by atoms with E-state index < -0.39 is 37.1 Å². The second-order valence-electron chi connectivity index (χ2n) is 8.22. The minimum atomic E-state index is -1.42. The van der Waals surface area contributed by atoms with Crippen molar-refractivity contribution in [3.8, 4) is 0 Å². The van der Waals surface area contributed by atoms with Crippen LogP contribution in [0.3, 0.4) is 0 Å². The number of aliphatic hydroxyl groups is 5. The van der Waals surface area contributed by atoms with E-state index in [2.05, 4.69) is 4.57 Å². The van der Waals surface area contributed by atoms with Gasteiger partial charge in [-0.05, 0) is 36.1 Å².